The van der Waals surface area contributed by atoms with E-state index in [9.17, 15) is 9.59 Å². The zero-order chi connectivity index (χ0) is 22.2. The van der Waals surface area contributed by atoms with Gasteiger partial charge in [0.1, 0.15) is 17.0 Å². The van der Waals surface area contributed by atoms with Gasteiger partial charge in [0.25, 0.3) is 0 Å². The number of amides is 1. The zero-order valence-electron chi connectivity index (χ0n) is 18.1. The van der Waals surface area contributed by atoms with Crippen LogP contribution in [0, 0.1) is 5.92 Å². The molecule has 1 unspecified atom stereocenters. The van der Waals surface area contributed by atoms with Crippen LogP contribution in [-0.2, 0) is 17.6 Å². The van der Waals surface area contributed by atoms with Crippen molar-refractivity contribution >= 4 is 60.5 Å². The highest BCUT2D eigenvalue weighted by Gasteiger charge is 2.30. The predicted molar refractivity (Wildman–Crippen MR) is 131 cm³/mol. The summed E-state index contributed by atoms with van der Waals surface area (Å²) >= 11 is 2.87. The summed E-state index contributed by atoms with van der Waals surface area (Å²) in [5.74, 6) is 1.07. The maximum atomic E-state index is 12.9. The maximum Gasteiger partial charge on any atom is 0.305 e. The van der Waals surface area contributed by atoms with Crippen molar-refractivity contribution in [2.75, 3.05) is 18.9 Å². The number of aromatic amines is 1. The Morgan fingerprint density at radius 2 is 2.19 bits per heavy atom. The van der Waals surface area contributed by atoms with Crippen molar-refractivity contribution in [2.45, 2.75) is 39.0 Å². The molecule has 0 fully saturated rings. The van der Waals surface area contributed by atoms with Crippen LogP contribution in [0.2, 0.25) is 0 Å². The van der Waals surface area contributed by atoms with E-state index in [4.69, 9.17) is 0 Å². The topological polar surface area (TPSA) is 91.0 Å². The SMILES string of the molecule is CCCCN(C)C(=O)C1CCc2c(sc3ncnc(Nc4ccc5[nH]c(=O)sc5c4)c23)C1. The molecule has 3 heterocycles. The number of benzene rings is 1. The second kappa shape index (κ2) is 8.63. The quantitative estimate of drug-likeness (QED) is 0.429. The first-order valence-electron chi connectivity index (χ1n) is 10.9. The highest BCUT2D eigenvalue weighted by atomic mass is 32.1. The Hall–Kier alpha value is -2.78. The normalized spacial score (nSPS) is 15.8. The van der Waals surface area contributed by atoms with Gasteiger partial charge in [0, 0.05) is 30.1 Å². The standard InChI is InChI=1S/C23H25N5O2S2/c1-3-4-9-28(2)22(29)13-5-7-15-17(10-13)31-21-19(15)20(24-12-25-21)26-14-6-8-16-18(11-14)32-23(30)27-16/h6,8,11-13H,3-5,7,9-10H2,1-2H3,(H,27,30)(H,24,25,26). The average molecular weight is 468 g/mol. The second-order valence-electron chi connectivity index (χ2n) is 8.31. The third kappa shape index (κ3) is 3.91. The average Bonchev–Trinajstić information content (AvgIpc) is 3.35. The van der Waals surface area contributed by atoms with Crippen LogP contribution < -0.4 is 10.2 Å². The summed E-state index contributed by atoms with van der Waals surface area (Å²) < 4.78 is 0.909. The van der Waals surface area contributed by atoms with Crippen LogP contribution in [-0.4, -0.2) is 39.4 Å². The van der Waals surface area contributed by atoms with E-state index in [-0.39, 0.29) is 16.7 Å². The van der Waals surface area contributed by atoms with Crippen molar-refractivity contribution in [1.29, 1.82) is 0 Å². The van der Waals surface area contributed by atoms with Gasteiger partial charge < -0.3 is 15.2 Å². The van der Waals surface area contributed by atoms with Gasteiger partial charge in [-0.3, -0.25) is 9.59 Å². The number of nitrogens with zero attached hydrogens (tertiary/aromatic N) is 3. The summed E-state index contributed by atoms with van der Waals surface area (Å²) in [6, 6.07) is 5.81. The number of hydrogen-bond acceptors (Lipinski definition) is 7. The second-order valence-corrected chi connectivity index (χ2v) is 10.4. The minimum absolute atomic E-state index is 0.0422. The number of nitrogens with one attached hydrogen (secondary N) is 2. The monoisotopic (exact) mass is 467 g/mol. The number of carbonyl (C=O) groups excluding carboxylic acids is 1. The van der Waals surface area contributed by atoms with Crippen molar-refractivity contribution in [3.8, 4) is 0 Å². The van der Waals surface area contributed by atoms with E-state index in [1.54, 1.807) is 17.7 Å². The highest BCUT2D eigenvalue weighted by molar-refractivity contribution is 7.19. The van der Waals surface area contributed by atoms with Gasteiger partial charge >= 0.3 is 4.87 Å². The van der Waals surface area contributed by atoms with Crippen molar-refractivity contribution in [1.82, 2.24) is 19.9 Å². The summed E-state index contributed by atoms with van der Waals surface area (Å²) in [7, 11) is 1.92. The fourth-order valence-corrected chi connectivity index (χ4v) is 6.44. The molecule has 166 valence electrons. The first-order valence-corrected chi connectivity index (χ1v) is 12.6. The van der Waals surface area contributed by atoms with Crippen molar-refractivity contribution < 1.29 is 4.79 Å². The van der Waals surface area contributed by atoms with Gasteiger partial charge in [0.05, 0.1) is 15.6 Å². The van der Waals surface area contributed by atoms with Crippen LogP contribution in [0.5, 0.6) is 0 Å². The third-order valence-electron chi connectivity index (χ3n) is 6.10. The molecule has 7 nitrogen and oxygen atoms in total. The van der Waals surface area contributed by atoms with E-state index in [2.05, 4.69) is 27.2 Å². The number of thiophene rings is 1. The molecule has 1 aliphatic carbocycles. The van der Waals surface area contributed by atoms with E-state index in [1.807, 2.05) is 30.1 Å². The molecule has 1 aromatic carbocycles. The molecular formula is C23H25N5O2S2. The van der Waals surface area contributed by atoms with E-state index < -0.39 is 0 Å². The first kappa shape index (κ1) is 21.1. The molecule has 0 saturated heterocycles. The molecule has 0 spiro atoms. The van der Waals surface area contributed by atoms with Crippen LogP contribution in [0.3, 0.4) is 0 Å². The van der Waals surface area contributed by atoms with Gasteiger partial charge in [0.15, 0.2) is 0 Å². The Kier molecular flexibility index (Phi) is 5.69. The minimum Gasteiger partial charge on any atom is -0.346 e. The Morgan fingerprint density at radius 3 is 3.03 bits per heavy atom. The van der Waals surface area contributed by atoms with Crippen LogP contribution >= 0.6 is 22.7 Å². The Balaban J connectivity index is 1.43. The number of unbranched alkanes of at least 4 members (excludes halogenated alkanes) is 1. The van der Waals surface area contributed by atoms with Crippen LogP contribution in [0.1, 0.15) is 36.6 Å². The number of carbonyl (C=O) groups is 1. The number of H-pyrrole nitrogens is 1. The lowest BCUT2D eigenvalue weighted by Crippen LogP contribution is -2.36. The summed E-state index contributed by atoms with van der Waals surface area (Å²) in [4.78, 5) is 40.4. The van der Waals surface area contributed by atoms with Crippen LogP contribution in [0.25, 0.3) is 20.4 Å². The fraction of sp³-hybridized carbons (Fsp3) is 0.391. The molecular weight excluding hydrogens is 442 g/mol. The lowest BCUT2D eigenvalue weighted by atomic mass is 9.87. The number of rotatable bonds is 6. The molecule has 1 aliphatic rings. The van der Waals surface area contributed by atoms with Crippen molar-refractivity contribution in [2.24, 2.45) is 5.92 Å². The summed E-state index contributed by atoms with van der Waals surface area (Å²) in [6.45, 7) is 2.97. The first-order chi connectivity index (χ1) is 15.5. The van der Waals surface area contributed by atoms with Gasteiger partial charge in [-0.25, -0.2) is 9.97 Å². The molecule has 0 saturated carbocycles. The minimum atomic E-state index is -0.0575. The van der Waals surface area contributed by atoms with Gasteiger partial charge in [0.2, 0.25) is 5.91 Å². The number of thiazole rings is 1. The van der Waals surface area contributed by atoms with E-state index >= 15 is 0 Å². The molecule has 4 aromatic rings. The zero-order valence-corrected chi connectivity index (χ0v) is 19.7. The van der Waals surface area contributed by atoms with Gasteiger partial charge in [-0.2, -0.15) is 0 Å². The third-order valence-corrected chi connectivity index (χ3v) is 8.11. The lowest BCUT2D eigenvalue weighted by Gasteiger charge is -2.26. The fourth-order valence-electron chi connectivity index (χ4n) is 4.39. The molecule has 9 heteroatoms. The number of aromatic nitrogens is 3. The molecule has 32 heavy (non-hydrogen) atoms. The predicted octanol–water partition coefficient (Wildman–Crippen LogP) is 4.70. The molecule has 5 rings (SSSR count). The van der Waals surface area contributed by atoms with Gasteiger partial charge in [-0.05, 0) is 49.4 Å². The van der Waals surface area contributed by atoms with Crippen LogP contribution in [0.15, 0.2) is 29.3 Å². The van der Waals surface area contributed by atoms with Gasteiger partial charge in [-0.15, -0.1) is 11.3 Å². The maximum absolute atomic E-state index is 12.9. The Labute approximate surface area is 193 Å². The summed E-state index contributed by atoms with van der Waals surface area (Å²) in [6.07, 6.45) is 6.20. The number of hydrogen-bond donors (Lipinski definition) is 2. The summed E-state index contributed by atoms with van der Waals surface area (Å²) in [5.41, 5.74) is 2.99. The van der Waals surface area contributed by atoms with Crippen molar-refractivity contribution in [3.63, 3.8) is 0 Å². The van der Waals surface area contributed by atoms with E-state index in [1.165, 1.54) is 21.8 Å². The smallest absolute Gasteiger partial charge is 0.305 e. The van der Waals surface area contributed by atoms with E-state index in [0.29, 0.717) is 0 Å². The largest absolute Gasteiger partial charge is 0.346 e. The van der Waals surface area contributed by atoms with Crippen molar-refractivity contribution in [3.05, 3.63) is 44.6 Å². The van der Waals surface area contributed by atoms with Gasteiger partial charge in [-0.1, -0.05) is 24.7 Å². The molecule has 1 atom stereocenters. The lowest BCUT2D eigenvalue weighted by molar-refractivity contribution is -0.134. The number of aryl methyl sites for hydroxylation is 1. The van der Waals surface area contributed by atoms with E-state index in [0.717, 1.165) is 70.6 Å². The molecule has 1 amide bonds. The summed E-state index contributed by atoms with van der Waals surface area (Å²) in [5, 5.41) is 4.49. The Bertz CT molecular complexity index is 1360. The Morgan fingerprint density at radius 1 is 1.31 bits per heavy atom. The molecule has 0 aliphatic heterocycles. The molecule has 0 bridgehead atoms. The number of anilines is 2. The highest BCUT2D eigenvalue weighted by Crippen LogP contribution is 2.40. The molecule has 0 radical (unpaired) electrons. The van der Waals surface area contributed by atoms with Crippen LogP contribution in [0.4, 0.5) is 11.5 Å². The molecule has 2 N–H and O–H groups in total. The molecule has 3 aromatic heterocycles. The number of fused-ring (bicyclic) bond motifs is 4.